The van der Waals surface area contributed by atoms with Gasteiger partial charge in [0, 0.05) is 10.5 Å². The summed E-state index contributed by atoms with van der Waals surface area (Å²) in [4.78, 5) is 0. The zero-order valence-electron chi connectivity index (χ0n) is 10.7. The Labute approximate surface area is 119 Å². The van der Waals surface area contributed by atoms with Gasteiger partial charge in [0.2, 0.25) is 0 Å². The fraction of sp³-hybridized carbons (Fsp3) is 0.200. The summed E-state index contributed by atoms with van der Waals surface area (Å²) in [5, 5.41) is 0. The van der Waals surface area contributed by atoms with E-state index in [1.165, 1.54) is 12.1 Å². The van der Waals surface area contributed by atoms with E-state index in [0.29, 0.717) is 5.56 Å². The molecule has 2 aromatic rings. The summed E-state index contributed by atoms with van der Waals surface area (Å²) in [7, 11) is 0. The zero-order valence-corrected chi connectivity index (χ0v) is 12.3. The van der Waals surface area contributed by atoms with Gasteiger partial charge in [-0.3, -0.25) is 0 Å². The second-order valence-electron chi connectivity index (χ2n) is 4.64. The maximum Gasteiger partial charge on any atom is 0.126 e. The minimum Gasteiger partial charge on any atom is -0.320 e. The van der Waals surface area contributed by atoms with Gasteiger partial charge >= 0.3 is 0 Å². The number of aryl methyl sites for hydroxylation is 2. The molecule has 0 saturated heterocycles. The fourth-order valence-corrected chi connectivity index (χ4v) is 2.53. The molecule has 100 valence electrons. The molecule has 1 atom stereocenters. The van der Waals surface area contributed by atoms with E-state index in [1.807, 2.05) is 26.0 Å². The second-order valence-corrected chi connectivity index (χ2v) is 5.49. The van der Waals surface area contributed by atoms with Crippen LogP contribution in [0.5, 0.6) is 0 Å². The van der Waals surface area contributed by atoms with Crippen molar-refractivity contribution in [1.82, 2.24) is 0 Å². The van der Waals surface area contributed by atoms with Crippen LogP contribution >= 0.6 is 15.9 Å². The third-order valence-corrected chi connectivity index (χ3v) is 3.98. The van der Waals surface area contributed by atoms with E-state index >= 15 is 0 Å². The summed E-state index contributed by atoms with van der Waals surface area (Å²) in [5.41, 5.74) is 9.44. The van der Waals surface area contributed by atoms with Crippen LogP contribution < -0.4 is 5.73 Å². The van der Waals surface area contributed by atoms with Crippen molar-refractivity contribution in [3.05, 3.63) is 68.7 Å². The molecule has 2 N–H and O–H groups in total. The molecule has 0 aliphatic heterocycles. The minimum absolute atomic E-state index is 0.433. The number of nitrogens with two attached hydrogens (primary N) is 1. The van der Waals surface area contributed by atoms with E-state index in [0.717, 1.165) is 27.2 Å². The van der Waals surface area contributed by atoms with Gasteiger partial charge in [-0.2, -0.15) is 0 Å². The Hall–Kier alpha value is -1.26. The van der Waals surface area contributed by atoms with Crippen LogP contribution in [-0.2, 0) is 0 Å². The van der Waals surface area contributed by atoms with Gasteiger partial charge in [0.25, 0.3) is 0 Å². The molecule has 0 bridgehead atoms. The first kappa shape index (κ1) is 14.2. The molecule has 2 rings (SSSR count). The quantitative estimate of drug-likeness (QED) is 0.870. The number of rotatable bonds is 2. The lowest BCUT2D eigenvalue weighted by Crippen LogP contribution is -2.14. The molecule has 0 fully saturated rings. The Bertz CT molecular complexity index is 606. The molecule has 0 heterocycles. The highest BCUT2D eigenvalue weighted by Gasteiger charge is 2.15. The van der Waals surface area contributed by atoms with Crippen molar-refractivity contribution in [3.63, 3.8) is 0 Å². The van der Waals surface area contributed by atoms with Gasteiger partial charge in [-0.1, -0.05) is 22.0 Å². The molecule has 0 radical (unpaired) electrons. The molecule has 19 heavy (non-hydrogen) atoms. The normalized spacial score (nSPS) is 12.5. The van der Waals surface area contributed by atoms with E-state index in [4.69, 9.17) is 5.73 Å². The van der Waals surface area contributed by atoms with Crippen LogP contribution in [0.2, 0.25) is 0 Å². The monoisotopic (exact) mass is 325 g/mol. The number of hydrogen-bond donors (Lipinski definition) is 1. The molecule has 0 aliphatic carbocycles. The van der Waals surface area contributed by atoms with Crippen LogP contribution in [0.15, 0.2) is 34.8 Å². The van der Waals surface area contributed by atoms with Gasteiger partial charge in [0.1, 0.15) is 11.6 Å². The molecular formula is C15H14BrF2N. The zero-order chi connectivity index (χ0) is 14.2. The largest absolute Gasteiger partial charge is 0.320 e. The van der Waals surface area contributed by atoms with E-state index in [1.54, 1.807) is 0 Å². The van der Waals surface area contributed by atoms with Crippen molar-refractivity contribution in [1.29, 1.82) is 0 Å². The van der Waals surface area contributed by atoms with Crippen LogP contribution in [0.4, 0.5) is 8.78 Å². The van der Waals surface area contributed by atoms with Gasteiger partial charge in [0.05, 0.1) is 6.04 Å². The molecule has 2 aromatic carbocycles. The van der Waals surface area contributed by atoms with Crippen molar-refractivity contribution < 1.29 is 8.78 Å². The van der Waals surface area contributed by atoms with Crippen LogP contribution in [0.1, 0.15) is 28.3 Å². The molecule has 0 aliphatic rings. The van der Waals surface area contributed by atoms with Crippen molar-refractivity contribution in [2.75, 3.05) is 0 Å². The van der Waals surface area contributed by atoms with Crippen LogP contribution in [0.25, 0.3) is 0 Å². The van der Waals surface area contributed by atoms with Gasteiger partial charge in [-0.25, -0.2) is 8.78 Å². The summed E-state index contributed by atoms with van der Waals surface area (Å²) < 4.78 is 27.5. The molecule has 1 unspecified atom stereocenters. The maximum atomic E-state index is 13.2. The number of benzene rings is 2. The van der Waals surface area contributed by atoms with Gasteiger partial charge in [-0.15, -0.1) is 0 Å². The molecule has 4 heteroatoms. The molecule has 0 spiro atoms. The minimum atomic E-state index is -0.614. The SMILES string of the molecule is Cc1cc(C(N)c2cc(F)cc(F)c2)c(C)cc1Br. The topological polar surface area (TPSA) is 26.0 Å². The van der Waals surface area contributed by atoms with E-state index in [9.17, 15) is 8.78 Å². The molecule has 0 saturated carbocycles. The Morgan fingerprint density at radius 3 is 2.11 bits per heavy atom. The highest BCUT2D eigenvalue weighted by atomic mass is 79.9. The van der Waals surface area contributed by atoms with Gasteiger partial charge in [-0.05, 0) is 54.3 Å². The summed E-state index contributed by atoms with van der Waals surface area (Å²) in [6.07, 6.45) is 0. The standard InChI is InChI=1S/C15H14BrF2N/c1-8-4-14(16)9(2)3-13(8)15(19)10-5-11(17)7-12(18)6-10/h3-7,15H,19H2,1-2H3. The summed E-state index contributed by atoms with van der Waals surface area (Å²) >= 11 is 3.45. The third kappa shape index (κ3) is 3.01. The predicted octanol–water partition coefficient (Wildman–Crippen LogP) is 4.39. The van der Waals surface area contributed by atoms with E-state index < -0.39 is 17.7 Å². The van der Waals surface area contributed by atoms with E-state index in [-0.39, 0.29) is 0 Å². The lowest BCUT2D eigenvalue weighted by molar-refractivity contribution is 0.577. The number of halogens is 3. The van der Waals surface area contributed by atoms with Crippen molar-refractivity contribution in [2.24, 2.45) is 5.73 Å². The first-order valence-corrected chi connectivity index (χ1v) is 6.66. The summed E-state index contributed by atoms with van der Waals surface area (Å²) in [6.45, 7) is 3.88. The summed E-state index contributed by atoms with van der Waals surface area (Å²) in [6, 6.07) is 6.73. The Morgan fingerprint density at radius 1 is 0.947 bits per heavy atom. The lowest BCUT2D eigenvalue weighted by Gasteiger charge is -2.17. The Kier molecular flexibility index (Phi) is 4.02. The molecule has 0 amide bonds. The third-order valence-electron chi connectivity index (χ3n) is 3.13. The number of hydrogen-bond acceptors (Lipinski definition) is 1. The van der Waals surface area contributed by atoms with Crippen molar-refractivity contribution in [3.8, 4) is 0 Å². The highest BCUT2D eigenvalue weighted by Crippen LogP contribution is 2.28. The molecule has 0 aromatic heterocycles. The maximum absolute atomic E-state index is 13.2. The highest BCUT2D eigenvalue weighted by molar-refractivity contribution is 9.10. The molecular weight excluding hydrogens is 312 g/mol. The summed E-state index contributed by atoms with van der Waals surface area (Å²) in [5.74, 6) is -1.23. The van der Waals surface area contributed by atoms with Crippen molar-refractivity contribution >= 4 is 15.9 Å². The van der Waals surface area contributed by atoms with Crippen molar-refractivity contribution in [2.45, 2.75) is 19.9 Å². The average Bonchev–Trinajstić information content (AvgIpc) is 2.31. The smallest absolute Gasteiger partial charge is 0.126 e. The second kappa shape index (κ2) is 5.39. The van der Waals surface area contributed by atoms with E-state index in [2.05, 4.69) is 15.9 Å². The Morgan fingerprint density at radius 2 is 1.53 bits per heavy atom. The van der Waals surface area contributed by atoms with Gasteiger partial charge in [0.15, 0.2) is 0 Å². The van der Waals surface area contributed by atoms with Gasteiger partial charge < -0.3 is 5.73 Å². The first-order valence-electron chi connectivity index (χ1n) is 5.86. The average molecular weight is 326 g/mol. The first-order chi connectivity index (χ1) is 8.88. The molecule has 1 nitrogen and oxygen atoms in total. The van der Waals surface area contributed by atoms with Crippen LogP contribution in [0, 0.1) is 25.5 Å². The Balaban J connectivity index is 2.49. The lowest BCUT2D eigenvalue weighted by atomic mass is 9.94. The predicted molar refractivity (Wildman–Crippen MR) is 76.0 cm³/mol. The fourth-order valence-electron chi connectivity index (χ4n) is 2.07. The van der Waals surface area contributed by atoms with Crippen LogP contribution in [0.3, 0.4) is 0 Å². The van der Waals surface area contributed by atoms with Crippen LogP contribution in [-0.4, -0.2) is 0 Å².